The predicted octanol–water partition coefficient (Wildman–Crippen LogP) is 5.91. The van der Waals surface area contributed by atoms with Crippen LogP contribution in [0.25, 0.3) is 11.0 Å². The third-order valence-corrected chi connectivity index (χ3v) is 7.19. The van der Waals surface area contributed by atoms with Crippen LogP contribution in [0.3, 0.4) is 0 Å². The van der Waals surface area contributed by atoms with Crippen molar-refractivity contribution in [1.82, 2.24) is 10.2 Å². The molecule has 0 radical (unpaired) electrons. The van der Waals surface area contributed by atoms with E-state index < -0.39 is 11.9 Å². The van der Waals surface area contributed by atoms with E-state index in [1.165, 1.54) is 16.2 Å². The van der Waals surface area contributed by atoms with Gasteiger partial charge in [0.15, 0.2) is 5.43 Å². The molecule has 0 N–H and O–H groups in total. The summed E-state index contributed by atoms with van der Waals surface area (Å²) in [5.41, 5.74) is 2.29. The molecule has 1 aliphatic rings. The van der Waals surface area contributed by atoms with E-state index in [2.05, 4.69) is 31.0 Å². The maximum atomic E-state index is 13.6. The number of hydrogen-bond acceptors (Lipinski definition) is 6. The molecule has 1 aliphatic heterocycles. The first-order valence-electron chi connectivity index (χ1n) is 10.7. The third-order valence-electron chi connectivity index (χ3n) is 5.89. The lowest BCUT2D eigenvalue weighted by molar-refractivity contribution is 0.0970. The summed E-state index contributed by atoms with van der Waals surface area (Å²) < 4.78 is 5.97. The van der Waals surface area contributed by atoms with Crippen molar-refractivity contribution in [1.29, 1.82) is 0 Å². The molecule has 6 nitrogen and oxygen atoms in total. The van der Waals surface area contributed by atoms with E-state index in [0.29, 0.717) is 33.1 Å². The molecule has 8 heteroatoms. The Morgan fingerprint density at radius 1 is 1.09 bits per heavy atom. The van der Waals surface area contributed by atoms with E-state index in [9.17, 15) is 9.59 Å². The Bertz CT molecular complexity index is 1450. The molecule has 2 aromatic carbocycles. The molecule has 1 unspecified atom stereocenters. The Morgan fingerprint density at radius 2 is 1.82 bits per heavy atom. The molecule has 3 heterocycles. The van der Waals surface area contributed by atoms with Crippen LogP contribution in [-0.4, -0.2) is 16.1 Å². The van der Waals surface area contributed by atoms with Crippen molar-refractivity contribution in [3.63, 3.8) is 0 Å². The minimum Gasteiger partial charge on any atom is -0.450 e. The Kier molecular flexibility index (Phi) is 5.14. The highest BCUT2D eigenvalue weighted by atomic mass is 35.5. The van der Waals surface area contributed by atoms with Crippen LogP contribution in [0.2, 0.25) is 5.02 Å². The summed E-state index contributed by atoms with van der Waals surface area (Å²) in [6.45, 7) is 8.40. The van der Waals surface area contributed by atoms with Crippen LogP contribution in [0.5, 0.6) is 0 Å². The first-order chi connectivity index (χ1) is 15.7. The molecule has 0 spiro atoms. The summed E-state index contributed by atoms with van der Waals surface area (Å²) in [7, 11) is 0. The van der Waals surface area contributed by atoms with Gasteiger partial charge < -0.3 is 4.42 Å². The average Bonchev–Trinajstić information content (AvgIpc) is 3.36. The number of nitrogens with zero attached hydrogens (tertiary/aromatic N) is 3. The summed E-state index contributed by atoms with van der Waals surface area (Å²) in [6, 6.07) is 12.2. The van der Waals surface area contributed by atoms with Crippen molar-refractivity contribution in [2.45, 2.75) is 45.6 Å². The van der Waals surface area contributed by atoms with Crippen molar-refractivity contribution in [2.24, 2.45) is 0 Å². The van der Waals surface area contributed by atoms with Gasteiger partial charge in [0.05, 0.1) is 17.0 Å². The zero-order valence-corrected chi connectivity index (χ0v) is 20.3. The molecule has 33 heavy (non-hydrogen) atoms. The Hall–Kier alpha value is -3.03. The zero-order chi connectivity index (χ0) is 23.5. The van der Waals surface area contributed by atoms with E-state index >= 15 is 0 Å². The number of benzene rings is 2. The van der Waals surface area contributed by atoms with Crippen molar-refractivity contribution in [2.75, 3.05) is 4.90 Å². The summed E-state index contributed by atoms with van der Waals surface area (Å²) in [6.07, 6.45) is 0.706. The summed E-state index contributed by atoms with van der Waals surface area (Å²) in [4.78, 5) is 28.7. The predicted molar refractivity (Wildman–Crippen MR) is 131 cm³/mol. The molecule has 1 amide bonds. The van der Waals surface area contributed by atoms with Crippen LogP contribution in [0, 0.1) is 0 Å². The highest BCUT2D eigenvalue weighted by Gasteiger charge is 2.45. The van der Waals surface area contributed by atoms with Crippen LogP contribution >= 0.6 is 22.9 Å². The SMILES string of the molecule is CCc1nnc(N2C(=O)c3oc4ccc(Cl)cc4c(=O)c3C2c2ccc(C(C)(C)C)cc2)s1. The van der Waals surface area contributed by atoms with Gasteiger partial charge in [0.1, 0.15) is 10.6 Å². The van der Waals surface area contributed by atoms with Gasteiger partial charge in [-0.2, -0.15) is 0 Å². The van der Waals surface area contributed by atoms with Crippen LogP contribution in [0.1, 0.15) is 66.0 Å². The maximum absolute atomic E-state index is 13.6. The zero-order valence-electron chi connectivity index (χ0n) is 18.7. The lowest BCUT2D eigenvalue weighted by Crippen LogP contribution is -2.29. The van der Waals surface area contributed by atoms with Gasteiger partial charge in [-0.3, -0.25) is 14.5 Å². The summed E-state index contributed by atoms with van der Waals surface area (Å²) >= 11 is 7.49. The smallest absolute Gasteiger partial charge is 0.297 e. The molecular weight excluding hydrogens is 458 g/mol. The summed E-state index contributed by atoms with van der Waals surface area (Å²) in [5, 5.41) is 10.5. The fourth-order valence-corrected chi connectivity index (χ4v) is 5.09. The molecule has 0 saturated heterocycles. The number of aryl methyl sites for hydroxylation is 1. The van der Waals surface area contributed by atoms with Crippen molar-refractivity contribution in [3.8, 4) is 0 Å². The molecule has 0 saturated carbocycles. The minimum absolute atomic E-state index is 0.0249. The normalized spacial score (nSPS) is 16.0. The second-order valence-corrected chi connectivity index (χ2v) is 10.6. The fraction of sp³-hybridized carbons (Fsp3) is 0.280. The number of carbonyl (C=O) groups excluding carboxylic acids is 1. The van der Waals surface area contributed by atoms with Gasteiger partial charge in [0.2, 0.25) is 10.9 Å². The van der Waals surface area contributed by atoms with E-state index in [0.717, 1.165) is 16.1 Å². The van der Waals surface area contributed by atoms with Crippen LogP contribution in [0.4, 0.5) is 5.13 Å². The quantitative estimate of drug-likeness (QED) is 0.365. The summed E-state index contributed by atoms with van der Waals surface area (Å²) in [5.74, 6) is -0.365. The number of fused-ring (bicyclic) bond motifs is 2. The molecule has 1 atom stereocenters. The fourth-order valence-electron chi connectivity index (χ4n) is 4.11. The number of hydrogen-bond donors (Lipinski definition) is 0. The maximum Gasteiger partial charge on any atom is 0.297 e. The largest absolute Gasteiger partial charge is 0.450 e. The average molecular weight is 480 g/mol. The monoisotopic (exact) mass is 479 g/mol. The number of halogens is 1. The molecule has 2 aromatic heterocycles. The van der Waals surface area contributed by atoms with Gasteiger partial charge in [-0.15, -0.1) is 10.2 Å². The molecule has 0 aliphatic carbocycles. The highest BCUT2D eigenvalue weighted by Crippen LogP contribution is 2.42. The number of amides is 1. The topological polar surface area (TPSA) is 76.3 Å². The molecule has 168 valence electrons. The number of carbonyl (C=O) groups is 1. The first-order valence-corrected chi connectivity index (χ1v) is 11.9. The number of aromatic nitrogens is 2. The lowest BCUT2D eigenvalue weighted by Gasteiger charge is -2.24. The highest BCUT2D eigenvalue weighted by molar-refractivity contribution is 7.15. The van der Waals surface area contributed by atoms with Crippen LogP contribution in [-0.2, 0) is 11.8 Å². The molecule has 0 bridgehead atoms. The van der Waals surface area contributed by atoms with Gasteiger partial charge in [0.25, 0.3) is 5.91 Å². The van der Waals surface area contributed by atoms with E-state index in [4.69, 9.17) is 16.0 Å². The van der Waals surface area contributed by atoms with Gasteiger partial charge in [-0.05, 0) is 41.2 Å². The minimum atomic E-state index is -0.668. The number of rotatable bonds is 3. The third kappa shape index (κ3) is 3.56. The molecular formula is C25H22ClN3O3S. The van der Waals surface area contributed by atoms with Gasteiger partial charge in [0, 0.05) is 5.02 Å². The number of anilines is 1. The van der Waals surface area contributed by atoms with Crippen molar-refractivity contribution < 1.29 is 9.21 Å². The van der Waals surface area contributed by atoms with Crippen molar-refractivity contribution in [3.05, 3.63) is 85.2 Å². The Balaban J connectivity index is 1.76. The van der Waals surface area contributed by atoms with Crippen LogP contribution in [0.15, 0.2) is 51.7 Å². The van der Waals surface area contributed by atoms with E-state index in [1.807, 2.05) is 31.2 Å². The van der Waals surface area contributed by atoms with E-state index in [1.54, 1.807) is 18.2 Å². The van der Waals surface area contributed by atoms with Gasteiger partial charge >= 0.3 is 0 Å². The van der Waals surface area contributed by atoms with Gasteiger partial charge in [-0.25, -0.2) is 0 Å². The van der Waals surface area contributed by atoms with E-state index in [-0.39, 0.29) is 16.6 Å². The standard InChI is InChI=1S/C25H22ClN3O3S/c1-5-18-27-28-24(33-18)29-20(13-6-8-14(9-7-13)25(2,3)4)19-21(30)16-12-15(26)10-11-17(16)32-22(19)23(29)31/h6-12,20H,5H2,1-4H3. The first kappa shape index (κ1) is 21.8. The van der Waals surface area contributed by atoms with Crippen LogP contribution < -0.4 is 10.3 Å². The Labute approximate surface area is 199 Å². The second-order valence-electron chi connectivity index (χ2n) is 9.10. The Morgan fingerprint density at radius 3 is 2.45 bits per heavy atom. The molecule has 4 aromatic rings. The van der Waals surface area contributed by atoms with Crippen molar-refractivity contribution >= 4 is 44.9 Å². The second kappa shape index (κ2) is 7.78. The molecule has 5 rings (SSSR count). The lowest BCUT2D eigenvalue weighted by atomic mass is 9.86. The van der Waals surface area contributed by atoms with Gasteiger partial charge in [-0.1, -0.05) is 74.9 Å². The molecule has 0 fully saturated rings.